The summed E-state index contributed by atoms with van der Waals surface area (Å²) in [6.45, 7) is 6.94. The average molecular weight is 319 g/mol. The molecule has 2 fully saturated rings. The molecule has 3 rings (SSSR count). The van der Waals surface area contributed by atoms with Crippen molar-refractivity contribution in [2.75, 3.05) is 42.6 Å². The van der Waals surface area contributed by atoms with Crippen LogP contribution in [-0.4, -0.2) is 53.5 Å². The van der Waals surface area contributed by atoms with Crippen molar-refractivity contribution in [1.29, 1.82) is 0 Å². The highest BCUT2D eigenvalue weighted by molar-refractivity contribution is 7.99. The second kappa shape index (κ2) is 7.22. The topological polar surface area (TPSA) is 57.8 Å². The number of hydrogen-bond donors (Lipinski definition) is 1. The molecule has 2 saturated heterocycles. The van der Waals surface area contributed by atoms with Crippen molar-refractivity contribution < 1.29 is 0 Å². The Morgan fingerprint density at radius 3 is 2.68 bits per heavy atom. The first-order valence-electron chi connectivity index (χ1n) is 8.07. The van der Waals surface area contributed by atoms with Crippen LogP contribution in [-0.2, 0) is 6.54 Å². The van der Waals surface area contributed by atoms with E-state index >= 15 is 0 Å². The van der Waals surface area contributed by atoms with E-state index in [4.69, 9.17) is 5.73 Å². The third kappa shape index (κ3) is 3.85. The molecule has 0 saturated carbocycles. The van der Waals surface area contributed by atoms with E-state index in [9.17, 15) is 0 Å². The van der Waals surface area contributed by atoms with Crippen LogP contribution < -0.4 is 10.6 Å². The number of pyridine rings is 1. The number of nitrogens with zero attached hydrogens (tertiary/aromatic N) is 4. The SMILES string of the molecule is Cc1cc(CN=C(N)N2CCSCC2)cc(N2CCCC2)n1. The number of aliphatic imine (C=N–C) groups is 1. The molecule has 2 aliphatic rings. The van der Waals surface area contributed by atoms with E-state index in [0.29, 0.717) is 12.5 Å². The van der Waals surface area contributed by atoms with Crippen LogP contribution in [0.5, 0.6) is 0 Å². The molecule has 0 aliphatic carbocycles. The number of nitrogens with two attached hydrogens (primary N) is 1. The number of aromatic nitrogens is 1. The summed E-state index contributed by atoms with van der Waals surface area (Å²) in [6, 6.07) is 4.28. The summed E-state index contributed by atoms with van der Waals surface area (Å²) < 4.78 is 0. The molecule has 2 aliphatic heterocycles. The first-order valence-corrected chi connectivity index (χ1v) is 9.23. The highest BCUT2D eigenvalue weighted by Crippen LogP contribution is 2.20. The van der Waals surface area contributed by atoms with Crippen LogP contribution in [0.25, 0.3) is 0 Å². The summed E-state index contributed by atoms with van der Waals surface area (Å²) in [6.07, 6.45) is 2.53. The quantitative estimate of drug-likeness (QED) is 0.681. The molecule has 22 heavy (non-hydrogen) atoms. The van der Waals surface area contributed by atoms with Crippen LogP contribution in [0, 0.1) is 6.92 Å². The van der Waals surface area contributed by atoms with Crippen molar-refractivity contribution in [1.82, 2.24) is 9.88 Å². The van der Waals surface area contributed by atoms with Gasteiger partial charge in [0.05, 0.1) is 6.54 Å². The van der Waals surface area contributed by atoms with Gasteiger partial charge in [-0.05, 0) is 37.5 Å². The highest BCUT2D eigenvalue weighted by Gasteiger charge is 2.15. The molecule has 120 valence electrons. The van der Waals surface area contributed by atoms with E-state index in [2.05, 4.69) is 38.8 Å². The first kappa shape index (κ1) is 15.5. The Kier molecular flexibility index (Phi) is 5.08. The number of rotatable bonds is 3. The Balaban J connectivity index is 1.68. The minimum atomic E-state index is 0.639. The lowest BCUT2D eigenvalue weighted by Crippen LogP contribution is -2.42. The zero-order valence-corrected chi connectivity index (χ0v) is 14.1. The molecule has 0 amide bonds. The summed E-state index contributed by atoms with van der Waals surface area (Å²) in [5.74, 6) is 4.06. The van der Waals surface area contributed by atoms with Gasteiger partial charge in [-0.15, -0.1) is 0 Å². The van der Waals surface area contributed by atoms with E-state index < -0.39 is 0 Å². The van der Waals surface area contributed by atoms with Gasteiger partial charge in [-0.2, -0.15) is 11.8 Å². The van der Waals surface area contributed by atoms with E-state index in [-0.39, 0.29) is 0 Å². The minimum absolute atomic E-state index is 0.639. The zero-order valence-electron chi connectivity index (χ0n) is 13.3. The smallest absolute Gasteiger partial charge is 0.191 e. The lowest BCUT2D eigenvalue weighted by Gasteiger charge is -2.27. The molecule has 0 unspecified atom stereocenters. The third-order valence-corrected chi connectivity index (χ3v) is 5.13. The van der Waals surface area contributed by atoms with Crippen molar-refractivity contribution in [2.24, 2.45) is 10.7 Å². The number of hydrogen-bond acceptors (Lipinski definition) is 4. The second-order valence-electron chi connectivity index (χ2n) is 5.94. The maximum absolute atomic E-state index is 6.14. The van der Waals surface area contributed by atoms with Gasteiger partial charge < -0.3 is 15.5 Å². The number of anilines is 1. The number of thioether (sulfide) groups is 1. The molecule has 1 aromatic rings. The van der Waals surface area contributed by atoms with Crippen LogP contribution >= 0.6 is 11.8 Å². The molecule has 0 radical (unpaired) electrons. The second-order valence-corrected chi connectivity index (χ2v) is 7.17. The van der Waals surface area contributed by atoms with E-state index in [1.54, 1.807) is 0 Å². The molecule has 1 aromatic heterocycles. The Bertz CT molecular complexity index is 533. The van der Waals surface area contributed by atoms with Gasteiger partial charge in [0.15, 0.2) is 5.96 Å². The van der Waals surface area contributed by atoms with Gasteiger partial charge >= 0.3 is 0 Å². The fourth-order valence-corrected chi connectivity index (χ4v) is 3.89. The Labute approximate surface area is 137 Å². The van der Waals surface area contributed by atoms with Gasteiger partial charge in [-0.3, -0.25) is 0 Å². The molecule has 0 atom stereocenters. The van der Waals surface area contributed by atoms with Gasteiger partial charge in [0.2, 0.25) is 0 Å². The predicted molar refractivity (Wildman–Crippen MR) is 94.6 cm³/mol. The standard InChI is InChI=1S/C16H25N5S/c1-13-10-14(11-15(19-13)20-4-2-3-5-20)12-18-16(17)21-6-8-22-9-7-21/h10-11H,2-9,12H2,1H3,(H2,17,18). The molecule has 6 heteroatoms. The predicted octanol–water partition coefficient (Wildman–Crippen LogP) is 1.85. The summed E-state index contributed by atoms with van der Waals surface area (Å²) >= 11 is 1.98. The van der Waals surface area contributed by atoms with Crippen molar-refractivity contribution in [3.8, 4) is 0 Å². The van der Waals surface area contributed by atoms with Crippen molar-refractivity contribution in [2.45, 2.75) is 26.3 Å². The van der Waals surface area contributed by atoms with Gasteiger partial charge in [0.1, 0.15) is 5.82 Å². The zero-order chi connectivity index (χ0) is 15.4. The lowest BCUT2D eigenvalue weighted by atomic mass is 10.2. The van der Waals surface area contributed by atoms with Gasteiger partial charge in [0.25, 0.3) is 0 Å². The van der Waals surface area contributed by atoms with Gasteiger partial charge in [0, 0.05) is 43.4 Å². The largest absolute Gasteiger partial charge is 0.370 e. The summed E-state index contributed by atoms with van der Waals surface area (Å²) in [7, 11) is 0. The number of guanidine groups is 1. The molecule has 2 N–H and O–H groups in total. The average Bonchev–Trinajstić information content (AvgIpc) is 3.07. The fraction of sp³-hybridized carbons (Fsp3) is 0.625. The molecular formula is C16H25N5S. The van der Waals surface area contributed by atoms with Crippen molar-refractivity contribution in [3.63, 3.8) is 0 Å². The summed E-state index contributed by atoms with van der Waals surface area (Å²) in [5, 5.41) is 0. The maximum Gasteiger partial charge on any atom is 0.191 e. The lowest BCUT2D eigenvalue weighted by molar-refractivity contribution is 0.455. The van der Waals surface area contributed by atoms with Crippen LogP contribution in [0.15, 0.2) is 17.1 Å². The molecule has 5 nitrogen and oxygen atoms in total. The highest BCUT2D eigenvalue weighted by atomic mass is 32.2. The first-order chi connectivity index (χ1) is 10.7. The minimum Gasteiger partial charge on any atom is -0.370 e. The molecule has 0 bridgehead atoms. The van der Waals surface area contributed by atoms with Gasteiger partial charge in [-0.25, -0.2) is 9.98 Å². The van der Waals surface area contributed by atoms with E-state index in [0.717, 1.165) is 49.2 Å². The van der Waals surface area contributed by atoms with Crippen LogP contribution in [0.3, 0.4) is 0 Å². The van der Waals surface area contributed by atoms with Crippen LogP contribution in [0.4, 0.5) is 5.82 Å². The fourth-order valence-electron chi connectivity index (χ4n) is 2.99. The molecule has 0 aromatic carbocycles. The summed E-state index contributed by atoms with van der Waals surface area (Å²) in [5.41, 5.74) is 8.39. The Morgan fingerprint density at radius 1 is 1.23 bits per heavy atom. The molecule has 0 spiro atoms. The Hall–Kier alpha value is -1.43. The maximum atomic E-state index is 6.14. The van der Waals surface area contributed by atoms with Crippen LogP contribution in [0.1, 0.15) is 24.1 Å². The van der Waals surface area contributed by atoms with Crippen LogP contribution in [0.2, 0.25) is 0 Å². The number of aryl methyl sites for hydroxylation is 1. The van der Waals surface area contributed by atoms with Crippen molar-refractivity contribution >= 4 is 23.5 Å². The van der Waals surface area contributed by atoms with Crippen molar-refractivity contribution in [3.05, 3.63) is 23.4 Å². The summed E-state index contributed by atoms with van der Waals surface area (Å²) in [4.78, 5) is 13.8. The Morgan fingerprint density at radius 2 is 1.95 bits per heavy atom. The molecular weight excluding hydrogens is 294 g/mol. The van der Waals surface area contributed by atoms with E-state index in [1.165, 1.54) is 18.4 Å². The monoisotopic (exact) mass is 319 g/mol. The van der Waals surface area contributed by atoms with E-state index in [1.807, 2.05) is 11.8 Å². The molecule has 3 heterocycles. The normalized spacial score (nSPS) is 19.8. The third-order valence-electron chi connectivity index (χ3n) is 4.19. The van der Waals surface area contributed by atoms with Gasteiger partial charge in [-0.1, -0.05) is 0 Å².